The van der Waals surface area contributed by atoms with E-state index in [1.165, 1.54) is 25.0 Å². The van der Waals surface area contributed by atoms with E-state index < -0.39 is 11.9 Å². The molecule has 2 saturated carbocycles. The Hall–Kier alpha value is -1.32. The first-order valence-corrected chi connectivity index (χ1v) is 11.3. The third-order valence-electron chi connectivity index (χ3n) is 6.81. The summed E-state index contributed by atoms with van der Waals surface area (Å²) in [5.41, 5.74) is 0. The molecule has 4 heteroatoms. The van der Waals surface area contributed by atoms with E-state index in [0.717, 1.165) is 25.7 Å². The van der Waals surface area contributed by atoms with Crippen LogP contribution < -0.4 is 0 Å². The normalized spacial score (nSPS) is 34.0. The summed E-state index contributed by atoms with van der Waals surface area (Å²) in [6, 6.07) is 0. The number of esters is 2. The smallest absolute Gasteiger partial charge is 0.331 e. The number of carbonyl (C=O) groups excluding carboxylic acids is 2. The highest BCUT2D eigenvalue weighted by Crippen LogP contribution is 2.36. The fourth-order valence-corrected chi connectivity index (χ4v) is 5.01. The van der Waals surface area contributed by atoms with Crippen LogP contribution in [0.3, 0.4) is 0 Å². The van der Waals surface area contributed by atoms with Gasteiger partial charge in [-0.15, -0.1) is 0 Å². The molecule has 0 saturated heterocycles. The molecule has 2 aliphatic carbocycles. The Morgan fingerprint density at radius 1 is 0.714 bits per heavy atom. The van der Waals surface area contributed by atoms with Crippen LogP contribution in [0, 0.1) is 35.5 Å². The van der Waals surface area contributed by atoms with E-state index in [1.807, 2.05) is 0 Å². The van der Waals surface area contributed by atoms with Crippen LogP contribution in [0.25, 0.3) is 0 Å². The molecule has 28 heavy (non-hydrogen) atoms. The van der Waals surface area contributed by atoms with Gasteiger partial charge in [0, 0.05) is 12.2 Å². The molecule has 0 N–H and O–H groups in total. The minimum atomic E-state index is -0.431. The minimum Gasteiger partial charge on any atom is -0.459 e. The quantitative estimate of drug-likeness (QED) is 0.439. The maximum atomic E-state index is 12.3. The number of hydrogen-bond donors (Lipinski definition) is 0. The van der Waals surface area contributed by atoms with E-state index in [0.29, 0.717) is 35.5 Å². The van der Waals surface area contributed by atoms with E-state index in [4.69, 9.17) is 9.47 Å². The summed E-state index contributed by atoms with van der Waals surface area (Å²) < 4.78 is 11.4. The summed E-state index contributed by atoms with van der Waals surface area (Å²) in [4.78, 5) is 24.6. The predicted octanol–water partition coefficient (Wildman–Crippen LogP) is 5.55. The number of rotatable bonds is 6. The standard InChI is InChI=1S/C24H40O4/c1-15(2)19-9-7-17(5)13-21(19)27-23(25)11-12-24(26)28-22-14-18(6)8-10-20(22)16(3)4/h11-12,15-22H,7-10,13-14H2,1-6H3/t17-,18-,19+,20+,21?,22?/m0/s1. The SMILES string of the molecule is CC(C)[C@H]1CC[C@H](C)CC1OC(=O)C=CC(=O)OC1C[C@@H](C)CC[C@@H]1C(C)C. The Balaban J connectivity index is 1.89. The Morgan fingerprint density at radius 3 is 1.39 bits per heavy atom. The van der Waals surface area contributed by atoms with Crippen molar-refractivity contribution >= 4 is 11.9 Å². The van der Waals surface area contributed by atoms with Gasteiger partial charge >= 0.3 is 11.9 Å². The molecule has 2 fully saturated rings. The van der Waals surface area contributed by atoms with Gasteiger partial charge in [-0.2, -0.15) is 0 Å². The molecular formula is C24H40O4. The molecule has 0 heterocycles. The van der Waals surface area contributed by atoms with Crippen LogP contribution in [0.5, 0.6) is 0 Å². The molecule has 0 radical (unpaired) electrons. The van der Waals surface area contributed by atoms with Crippen molar-refractivity contribution in [2.45, 2.75) is 92.3 Å². The molecule has 2 aliphatic rings. The van der Waals surface area contributed by atoms with Gasteiger partial charge in [-0.05, 0) is 61.2 Å². The van der Waals surface area contributed by atoms with Crippen molar-refractivity contribution in [2.75, 3.05) is 0 Å². The average Bonchev–Trinajstić information content (AvgIpc) is 2.59. The van der Waals surface area contributed by atoms with Crippen molar-refractivity contribution in [1.29, 1.82) is 0 Å². The van der Waals surface area contributed by atoms with Crippen LogP contribution in [0.15, 0.2) is 12.2 Å². The highest BCUT2D eigenvalue weighted by molar-refractivity contribution is 5.91. The van der Waals surface area contributed by atoms with Gasteiger partial charge in [-0.1, -0.05) is 54.4 Å². The highest BCUT2D eigenvalue weighted by Gasteiger charge is 2.34. The molecule has 4 nitrogen and oxygen atoms in total. The Kier molecular flexibility index (Phi) is 8.57. The zero-order chi connectivity index (χ0) is 20.8. The number of hydrogen-bond acceptors (Lipinski definition) is 4. The largest absolute Gasteiger partial charge is 0.459 e. The van der Waals surface area contributed by atoms with Crippen LogP contribution >= 0.6 is 0 Å². The van der Waals surface area contributed by atoms with Crippen molar-refractivity contribution in [3.63, 3.8) is 0 Å². The zero-order valence-corrected chi connectivity index (χ0v) is 18.6. The lowest BCUT2D eigenvalue weighted by Gasteiger charge is -2.36. The second-order valence-corrected chi connectivity index (χ2v) is 9.94. The number of carbonyl (C=O) groups is 2. The van der Waals surface area contributed by atoms with E-state index in [1.54, 1.807) is 0 Å². The molecule has 0 amide bonds. The van der Waals surface area contributed by atoms with Gasteiger partial charge in [0.05, 0.1) is 0 Å². The van der Waals surface area contributed by atoms with Gasteiger partial charge in [0.25, 0.3) is 0 Å². The van der Waals surface area contributed by atoms with E-state index in [-0.39, 0.29) is 12.2 Å². The topological polar surface area (TPSA) is 52.6 Å². The van der Waals surface area contributed by atoms with Gasteiger partial charge in [-0.3, -0.25) is 0 Å². The third-order valence-corrected chi connectivity index (χ3v) is 6.81. The first-order chi connectivity index (χ1) is 13.2. The summed E-state index contributed by atoms with van der Waals surface area (Å²) >= 11 is 0. The van der Waals surface area contributed by atoms with Crippen LogP contribution in [-0.4, -0.2) is 24.1 Å². The number of ether oxygens (including phenoxy) is 2. The van der Waals surface area contributed by atoms with Gasteiger partial charge in [0.2, 0.25) is 0 Å². The fourth-order valence-electron chi connectivity index (χ4n) is 5.01. The molecule has 6 atom stereocenters. The van der Waals surface area contributed by atoms with Crippen LogP contribution in [0.2, 0.25) is 0 Å². The second kappa shape index (κ2) is 10.5. The monoisotopic (exact) mass is 392 g/mol. The molecule has 0 aromatic carbocycles. The molecule has 160 valence electrons. The van der Waals surface area contributed by atoms with Crippen molar-refractivity contribution in [1.82, 2.24) is 0 Å². The molecule has 0 aromatic heterocycles. The van der Waals surface area contributed by atoms with Crippen LogP contribution in [0.4, 0.5) is 0 Å². The van der Waals surface area contributed by atoms with E-state index >= 15 is 0 Å². The molecule has 0 spiro atoms. The van der Waals surface area contributed by atoms with Crippen molar-refractivity contribution in [3.05, 3.63) is 12.2 Å². The first kappa shape index (κ1) is 23.0. The van der Waals surface area contributed by atoms with Crippen molar-refractivity contribution in [2.24, 2.45) is 35.5 Å². The summed E-state index contributed by atoms with van der Waals surface area (Å²) in [5, 5.41) is 0. The zero-order valence-electron chi connectivity index (χ0n) is 18.6. The van der Waals surface area contributed by atoms with Crippen molar-refractivity contribution in [3.8, 4) is 0 Å². The Morgan fingerprint density at radius 2 is 1.07 bits per heavy atom. The van der Waals surface area contributed by atoms with Gasteiger partial charge in [0.15, 0.2) is 0 Å². The molecule has 0 aromatic rings. The first-order valence-electron chi connectivity index (χ1n) is 11.3. The van der Waals surface area contributed by atoms with Crippen LogP contribution in [0.1, 0.15) is 80.1 Å². The summed E-state index contributed by atoms with van der Waals surface area (Å²) in [7, 11) is 0. The average molecular weight is 393 g/mol. The predicted molar refractivity (Wildman–Crippen MR) is 112 cm³/mol. The maximum absolute atomic E-state index is 12.3. The highest BCUT2D eigenvalue weighted by atomic mass is 16.5. The fraction of sp³-hybridized carbons (Fsp3) is 0.833. The van der Waals surface area contributed by atoms with Gasteiger partial charge in [-0.25, -0.2) is 9.59 Å². The van der Waals surface area contributed by atoms with Gasteiger partial charge < -0.3 is 9.47 Å². The third kappa shape index (κ3) is 6.63. The summed E-state index contributed by atoms with van der Waals surface area (Å²) in [5.74, 6) is 2.05. The van der Waals surface area contributed by atoms with Gasteiger partial charge in [0.1, 0.15) is 12.2 Å². The lowest BCUT2D eigenvalue weighted by atomic mass is 9.75. The molecular weight excluding hydrogens is 352 g/mol. The lowest BCUT2D eigenvalue weighted by Crippen LogP contribution is -2.36. The second-order valence-electron chi connectivity index (χ2n) is 9.94. The Bertz CT molecular complexity index is 503. The molecule has 2 unspecified atom stereocenters. The summed E-state index contributed by atoms with van der Waals surface area (Å²) in [6.07, 6.45) is 8.77. The molecule has 0 aliphatic heterocycles. The van der Waals surface area contributed by atoms with Crippen LogP contribution in [-0.2, 0) is 19.1 Å². The van der Waals surface area contributed by atoms with E-state index in [9.17, 15) is 9.59 Å². The lowest BCUT2D eigenvalue weighted by molar-refractivity contribution is -0.152. The minimum absolute atomic E-state index is 0.0542. The van der Waals surface area contributed by atoms with Crippen molar-refractivity contribution < 1.29 is 19.1 Å². The maximum Gasteiger partial charge on any atom is 0.331 e. The summed E-state index contributed by atoms with van der Waals surface area (Å²) in [6.45, 7) is 13.2. The molecule has 0 bridgehead atoms. The Labute approximate surface area is 171 Å². The molecule has 2 rings (SSSR count). The van der Waals surface area contributed by atoms with E-state index in [2.05, 4.69) is 41.5 Å².